The largest absolute Gasteiger partial charge is 0.382 e. The van der Waals surface area contributed by atoms with Crippen molar-refractivity contribution in [2.45, 2.75) is 0 Å². The molecule has 0 amide bonds. The molecule has 0 aliphatic carbocycles. The fourth-order valence-electron chi connectivity index (χ4n) is 1.84. The van der Waals surface area contributed by atoms with E-state index in [9.17, 15) is 4.79 Å². The quantitative estimate of drug-likeness (QED) is 0.687. The van der Waals surface area contributed by atoms with Gasteiger partial charge >= 0.3 is 0 Å². The molecule has 3 rings (SSSR count). The smallest absolute Gasteiger partial charge is 0.224 e. The molecule has 104 valence electrons. The summed E-state index contributed by atoms with van der Waals surface area (Å²) in [5, 5.41) is 0.339. The second-order valence-corrected chi connectivity index (χ2v) is 4.61. The molecule has 8 heteroatoms. The number of carbonyl (C=O) groups is 1. The first-order valence-corrected chi connectivity index (χ1v) is 6.29. The van der Waals surface area contributed by atoms with Crippen LogP contribution in [0, 0.1) is 0 Å². The van der Waals surface area contributed by atoms with Gasteiger partial charge in [-0.05, 0) is 12.1 Å². The normalized spacial score (nSPS) is 10.7. The third kappa shape index (κ3) is 2.34. The summed E-state index contributed by atoms with van der Waals surface area (Å²) < 4.78 is 0. The SMILES string of the molecule is Nc1nc(N)c2nc(C(=O)c3ccccc3Cl)cnc2n1. The van der Waals surface area contributed by atoms with E-state index in [0.29, 0.717) is 10.6 Å². The van der Waals surface area contributed by atoms with E-state index < -0.39 is 0 Å². The van der Waals surface area contributed by atoms with Gasteiger partial charge in [-0.1, -0.05) is 23.7 Å². The van der Waals surface area contributed by atoms with Crippen LogP contribution in [0.3, 0.4) is 0 Å². The number of nitrogens with zero attached hydrogens (tertiary/aromatic N) is 4. The molecule has 21 heavy (non-hydrogen) atoms. The zero-order valence-corrected chi connectivity index (χ0v) is 11.4. The minimum atomic E-state index is -0.355. The molecule has 0 bridgehead atoms. The summed E-state index contributed by atoms with van der Waals surface area (Å²) in [5.41, 5.74) is 12.1. The van der Waals surface area contributed by atoms with Gasteiger partial charge in [0.25, 0.3) is 0 Å². The van der Waals surface area contributed by atoms with E-state index in [4.69, 9.17) is 23.1 Å². The number of hydrogen-bond donors (Lipinski definition) is 2. The Balaban J connectivity index is 2.14. The second-order valence-electron chi connectivity index (χ2n) is 4.20. The van der Waals surface area contributed by atoms with Crippen molar-refractivity contribution in [3.05, 3.63) is 46.7 Å². The number of hydrogen-bond acceptors (Lipinski definition) is 7. The molecular formula is C13H9ClN6O. The van der Waals surface area contributed by atoms with E-state index >= 15 is 0 Å². The molecule has 2 heterocycles. The van der Waals surface area contributed by atoms with Crippen LogP contribution in [0.15, 0.2) is 30.5 Å². The highest BCUT2D eigenvalue weighted by Gasteiger charge is 2.16. The van der Waals surface area contributed by atoms with Crippen molar-refractivity contribution in [2.75, 3.05) is 11.5 Å². The van der Waals surface area contributed by atoms with E-state index in [1.54, 1.807) is 24.3 Å². The molecule has 2 aromatic heterocycles. The molecule has 0 aliphatic rings. The van der Waals surface area contributed by atoms with Gasteiger partial charge in [-0.2, -0.15) is 9.97 Å². The molecule has 0 unspecified atom stereocenters. The van der Waals surface area contributed by atoms with Crippen molar-refractivity contribution >= 4 is 40.3 Å². The number of halogens is 1. The van der Waals surface area contributed by atoms with Gasteiger partial charge in [-0.3, -0.25) is 4.79 Å². The molecule has 0 saturated carbocycles. The van der Waals surface area contributed by atoms with Gasteiger partial charge in [0.2, 0.25) is 11.7 Å². The summed E-state index contributed by atoms with van der Waals surface area (Å²) in [4.78, 5) is 28.3. The number of rotatable bonds is 2. The number of ketones is 1. The standard InChI is InChI=1S/C13H9ClN6O/c14-7-4-2-1-3-6(7)10(21)8-5-17-12-9(18-8)11(15)19-13(16)20-12/h1-5H,(H4,15,16,17,19,20). The van der Waals surface area contributed by atoms with Gasteiger partial charge < -0.3 is 11.5 Å². The van der Waals surface area contributed by atoms with Crippen LogP contribution in [0.1, 0.15) is 16.1 Å². The fourth-order valence-corrected chi connectivity index (χ4v) is 2.06. The Morgan fingerprint density at radius 3 is 2.62 bits per heavy atom. The summed E-state index contributed by atoms with van der Waals surface area (Å²) in [6.07, 6.45) is 1.31. The van der Waals surface area contributed by atoms with Crippen LogP contribution in [-0.4, -0.2) is 25.7 Å². The molecule has 4 N–H and O–H groups in total. The summed E-state index contributed by atoms with van der Waals surface area (Å²) in [7, 11) is 0. The molecule has 0 saturated heterocycles. The van der Waals surface area contributed by atoms with Crippen LogP contribution in [0.5, 0.6) is 0 Å². The van der Waals surface area contributed by atoms with Crippen molar-refractivity contribution in [3.8, 4) is 0 Å². The Morgan fingerprint density at radius 2 is 1.86 bits per heavy atom. The Morgan fingerprint density at radius 1 is 1.10 bits per heavy atom. The van der Waals surface area contributed by atoms with Crippen molar-refractivity contribution < 1.29 is 4.79 Å². The number of fused-ring (bicyclic) bond motifs is 1. The van der Waals surface area contributed by atoms with Gasteiger partial charge in [-0.15, -0.1) is 0 Å². The lowest BCUT2D eigenvalue weighted by Gasteiger charge is -2.05. The maximum atomic E-state index is 12.4. The molecule has 0 spiro atoms. The van der Waals surface area contributed by atoms with Crippen LogP contribution in [0.4, 0.5) is 11.8 Å². The Kier molecular flexibility index (Phi) is 3.11. The Hall–Kier alpha value is -2.80. The number of nitrogens with two attached hydrogens (primary N) is 2. The lowest BCUT2D eigenvalue weighted by molar-refractivity contribution is 0.103. The van der Waals surface area contributed by atoms with E-state index in [1.807, 2.05) is 0 Å². The van der Waals surface area contributed by atoms with E-state index in [1.165, 1.54) is 6.20 Å². The molecule has 0 atom stereocenters. The molecule has 0 fully saturated rings. The molecule has 1 aromatic carbocycles. The Labute approximate surface area is 124 Å². The van der Waals surface area contributed by atoms with Gasteiger partial charge in [-0.25, -0.2) is 9.97 Å². The zero-order valence-electron chi connectivity index (χ0n) is 10.6. The molecule has 7 nitrogen and oxygen atoms in total. The van der Waals surface area contributed by atoms with Gasteiger partial charge in [0.1, 0.15) is 5.69 Å². The summed E-state index contributed by atoms with van der Waals surface area (Å²) in [6.45, 7) is 0. The maximum absolute atomic E-state index is 12.4. The lowest BCUT2D eigenvalue weighted by Crippen LogP contribution is -2.09. The van der Waals surface area contributed by atoms with E-state index in [-0.39, 0.29) is 34.4 Å². The minimum Gasteiger partial charge on any atom is -0.382 e. The number of benzene rings is 1. The highest BCUT2D eigenvalue weighted by Crippen LogP contribution is 2.20. The lowest BCUT2D eigenvalue weighted by atomic mass is 10.1. The molecule has 3 aromatic rings. The van der Waals surface area contributed by atoms with Gasteiger partial charge in [0.05, 0.1) is 11.2 Å². The van der Waals surface area contributed by atoms with Crippen molar-refractivity contribution in [1.29, 1.82) is 0 Å². The predicted molar refractivity (Wildman–Crippen MR) is 78.8 cm³/mol. The van der Waals surface area contributed by atoms with E-state index in [0.717, 1.165) is 0 Å². The summed E-state index contributed by atoms with van der Waals surface area (Å²) >= 11 is 6.00. The topological polar surface area (TPSA) is 121 Å². The van der Waals surface area contributed by atoms with Crippen molar-refractivity contribution in [1.82, 2.24) is 19.9 Å². The Bertz CT molecular complexity index is 866. The average molecular weight is 301 g/mol. The first-order valence-electron chi connectivity index (χ1n) is 5.91. The molecule has 0 aliphatic heterocycles. The zero-order chi connectivity index (χ0) is 15.0. The third-order valence-electron chi connectivity index (χ3n) is 2.80. The highest BCUT2D eigenvalue weighted by atomic mass is 35.5. The van der Waals surface area contributed by atoms with Crippen LogP contribution in [0.25, 0.3) is 11.2 Å². The number of nitrogen functional groups attached to an aromatic ring is 2. The first kappa shape index (κ1) is 13.2. The van der Waals surface area contributed by atoms with Crippen LogP contribution in [-0.2, 0) is 0 Å². The van der Waals surface area contributed by atoms with Gasteiger partial charge in [0, 0.05) is 5.56 Å². The van der Waals surface area contributed by atoms with Crippen LogP contribution in [0.2, 0.25) is 5.02 Å². The minimum absolute atomic E-state index is 0.000481. The highest BCUT2D eigenvalue weighted by molar-refractivity contribution is 6.34. The van der Waals surface area contributed by atoms with Gasteiger partial charge in [0.15, 0.2) is 17.0 Å². The first-order chi connectivity index (χ1) is 10.1. The average Bonchev–Trinajstić information content (AvgIpc) is 2.46. The van der Waals surface area contributed by atoms with E-state index in [2.05, 4.69) is 19.9 Å². The van der Waals surface area contributed by atoms with Crippen LogP contribution >= 0.6 is 11.6 Å². The summed E-state index contributed by atoms with van der Waals surface area (Å²) in [6, 6.07) is 6.69. The maximum Gasteiger partial charge on any atom is 0.224 e. The molecular weight excluding hydrogens is 292 g/mol. The van der Waals surface area contributed by atoms with Crippen LogP contribution < -0.4 is 11.5 Å². The third-order valence-corrected chi connectivity index (χ3v) is 3.13. The second kappa shape index (κ2) is 4.95. The van der Waals surface area contributed by atoms with Crippen molar-refractivity contribution in [2.24, 2.45) is 0 Å². The molecule has 0 radical (unpaired) electrons. The fraction of sp³-hybridized carbons (Fsp3) is 0. The van der Waals surface area contributed by atoms with Crippen molar-refractivity contribution in [3.63, 3.8) is 0 Å². The predicted octanol–water partition coefficient (Wildman–Crippen LogP) is 1.47. The monoisotopic (exact) mass is 300 g/mol. The number of anilines is 2. The number of aromatic nitrogens is 4. The number of carbonyl (C=O) groups excluding carboxylic acids is 1. The summed E-state index contributed by atoms with van der Waals surface area (Å²) in [5.74, 6) is -0.287.